The molecular weight excluding hydrogens is 370 g/mol. The SMILES string of the molecule is CCC(C)n1cnnc1-c1cccc(N2CC(c3ccncc3)=CC=C2C2CC2)c1. The molecular formula is C25H27N5. The molecule has 3 aromatic rings. The molecule has 1 aromatic carbocycles. The zero-order chi connectivity index (χ0) is 20.5. The standard InChI is InChI=1S/C25H27N5/c1-3-18(2)30-17-27-28-25(30)21-5-4-6-23(15-21)29-16-22(19-11-13-26-14-12-19)9-10-24(29)20-7-8-20/h4-6,9-15,17-18,20H,3,7-8,16H2,1-2H3. The molecule has 5 heteroatoms. The first-order chi connectivity index (χ1) is 14.7. The van der Waals surface area contributed by atoms with Gasteiger partial charge in [0.05, 0.1) is 0 Å². The predicted molar refractivity (Wildman–Crippen MR) is 121 cm³/mol. The van der Waals surface area contributed by atoms with E-state index in [4.69, 9.17) is 0 Å². The van der Waals surface area contributed by atoms with Gasteiger partial charge >= 0.3 is 0 Å². The fourth-order valence-corrected chi connectivity index (χ4v) is 4.10. The molecule has 2 aliphatic rings. The van der Waals surface area contributed by atoms with Crippen molar-refractivity contribution in [1.29, 1.82) is 0 Å². The maximum Gasteiger partial charge on any atom is 0.164 e. The Balaban J connectivity index is 1.51. The number of rotatable bonds is 6. The Bertz CT molecular complexity index is 1090. The summed E-state index contributed by atoms with van der Waals surface area (Å²) >= 11 is 0. The van der Waals surface area contributed by atoms with Gasteiger partial charge in [-0.1, -0.05) is 25.1 Å². The number of anilines is 1. The van der Waals surface area contributed by atoms with Gasteiger partial charge in [-0.25, -0.2) is 0 Å². The van der Waals surface area contributed by atoms with Gasteiger partial charge in [-0.2, -0.15) is 0 Å². The average molecular weight is 398 g/mol. The summed E-state index contributed by atoms with van der Waals surface area (Å²) < 4.78 is 2.18. The first kappa shape index (κ1) is 18.8. The van der Waals surface area contributed by atoms with E-state index >= 15 is 0 Å². The Morgan fingerprint density at radius 3 is 2.67 bits per heavy atom. The summed E-state index contributed by atoms with van der Waals surface area (Å²) in [6, 6.07) is 13.3. The van der Waals surface area contributed by atoms with Crippen LogP contribution >= 0.6 is 0 Å². The molecule has 0 saturated heterocycles. The Morgan fingerprint density at radius 2 is 1.90 bits per heavy atom. The molecule has 0 radical (unpaired) electrons. The topological polar surface area (TPSA) is 46.8 Å². The fourth-order valence-electron chi connectivity index (χ4n) is 4.10. The van der Waals surface area contributed by atoms with Crippen LogP contribution in [0.25, 0.3) is 17.0 Å². The summed E-state index contributed by atoms with van der Waals surface area (Å²) in [6.07, 6.45) is 13.8. The number of hydrogen-bond donors (Lipinski definition) is 0. The number of pyridine rings is 1. The number of nitrogens with zero attached hydrogens (tertiary/aromatic N) is 5. The van der Waals surface area contributed by atoms with Crippen LogP contribution < -0.4 is 4.90 Å². The molecule has 1 aliphatic heterocycles. The molecule has 1 atom stereocenters. The van der Waals surface area contributed by atoms with Crippen molar-refractivity contribution in [3.63, 3.8) is 0 Å². The minimum Gasteiger partial charge on any atom is -0.340 e. The van der Waals surface area contributed by atoms with Crippen LogP contribution in [0, 0.1) is 5.92 Å². The molecule has 0 bridgehead atoms. The normalized spacial score (nSPS) is 17.5. The first-order valence-electron chi connectivity index (χ1n) is 10.8. The zero-order valence-electron chi connectivity index (χ0n) is 17.6. The molecule has 0 amide bonds. The van der Waals surface area contributed by atoms with Gasteiger partial charge in [0.1, 0.15) is 6.33 Å². The summed E-state index contributed by atoms with van der Waals surface area (Å²) in [6.45, 7) is 5.27. The highest BCUT2D eigenvalue weighted by Gasteiger charge is 2.32. The molecule has 1 aliphatic carbocycles. The average Bonchev–Trinajstić information content (AvgIpc) is 3.54. The van der Waals surface area contributed by atoms with E-state index in [0.717, 1.165) is 24.4 Å². The van der Waals surface area contributed by atoms with Gasteiger partial charge in [-0.05, 0) is 73.6 Å². The van der Waals surface area contributed by atoms with E-state index in [0.29, 0.717) is 12.0 Å². The summed E-state index contributed by atoms with van der Waals surface area (Å²) in [5, 5.41) is 8.62. The molecule has 1 fully saturated rings. The molecule has 1 saturated carbocycles. The van der Waals surface area contributed by atoms with Gasteiger partial charge in [0.25, 0.3) is 0 Å². The van der Waals surface area contributed by atoms with Gasteiger partial charge in [0.15, 0.2) is 5.82 Å². The van der Waals surface area contributed by atoms with Crippen molar-refractivity contribution >= 4 is 11.3 Å². The molecule has 30 heavy (non-hydrogen) atoms. The summed E-state index contributed by atoms with van der Waals surface area (Å²) in [5.74, 6) is 1.61. The highest BCUT2D eigenvalue weighted by molar-refractivity contribution is 5.77. The lowest BCUT2D eigenvalue weighted by atomic mass is 10.0. The Labute approximate surface area is 177 Å². The second-order valence-corrected chi connectivity index (χ2v) is 8.25. The third kappa shape index (κ3) is 3.56. The maximum atomic E-state index is 4.43. The quantitative estimate of drug-likeness (QED) is 0.550. The van der Waals surface area contributed by atoms with Gasteiger partial charge in [-0.3, -0.25) is 4.98 Å². The number of hydrogen-bond acceptors (Lipinski definition) is 4. The summed E-state index contributed by atoms with van der Waals surface area (Å²) in [5.41, 5.74) is 6.29. The first-order valence-corrected chi connectivity index (χ1v) is 10.8. The van der Waals surface area contributed by atoms with Crippen LogP contribution in [0.3, 0.4) is 0 Å². The minimum atomic E-state index is 0.372. The van der Waals surface area contributed by atoms with Crippen molar-refractivity contribution in [2.45, 2.75) is 39.2 Å². The van der Waals surface area contributed by atoms with E-state index in [1.807, 2.05) is 18.7 Å². The maximum absolute atomic E-state index is 4.43. The molecule has 5 rings (SSSR count). The second kappa shape index (κ2) is 7.90. The van der Waals surface area contributed by atoms with E-state index in [2.05, 4.69) is 87.0 Å². The Morgan fingerprint density at radius 1 is 1.07 bits per heavy atom. The van der Waals surface area contributed by atoms with Crippen LogP contribution in [0.1, 0.15) is 44.7 Å². The number of benzene rings is 1. The molecule has 3 heterocycles. The summed E-state index contributed by atoms with van der Waals surface area (Å²) in [7, 11) is 0. The van der Waals surface area contributed by atoms with Crippen molar-refractivity contribution in [3.8, 4) is 11.4 Å². The van der Waals surface area contributed by atoms with E-state index in [9.17, 15) is 0 Å². The van der Waals surface area contributed by atoms with Crippen molar-refractivity contribution < 1.29 is 0 Å². The van der Waals surface area contributed by atoms with Gasteiger partial charge in [0, 0.05) is 41.9 Å². The van der Waals surface area contributed by atoms with E-state index < -0.39 is 0 Å². The smallest absolute Gasteiger partial charge is 0.164 e. The number of aromatic nitrogens is 4. The highest BCUT2D eigenvalue weighted by atomic mass is 15.3. The zero-order valence-corrected chi connectivity index (χ0v) is 17.6. The third-order valence-electron chi connectivity index (χ3n) is 6.20. The predicted octanol–water partition coefficient (Wildman–Crippen LogP) is 5.51. The lowest BCUT2D eigenvalue weighted by Crippen LogP contribution is -2.28. The van der Waals surface area contributed by atoms with Crippen molar-refractivity contribution in [1.82, 2.24) is 19.7 Å². The lowest BCUT2D eigenvalue weighted by molar-refractivity contribution is 0.534. The van der Waals surface area contributed by atoms with Crippen LogP contribution in [-0.2, 0) is 0 Å². The van der Waals surface area contributed by atoms with Gasteiger partial charge in [0.2, 0.25) is 0 Å². The van der Waals surface area contributed by atoms with E-state index in [1.54, 1.807) is 0 Å². The molecule has 5 nitrogen and oxygen atoms in total. The lowest BCUT2D eigenvalue weighted by Gasteiger charge is -2.32. The molecule has 2 aromatic heterocycles. The molecule has 0 spiro atoms. The Kier molecular flexibility index (Phi) is 4.95. The third-order valence-corrected chi connectivity index (χ3v) is 6.20. The molecule has 1 unspecified atom stereocenters. The van der Waals surface area contributed by atoms with Crippen LogP contribution in [0.4, 0.5) is 5.69 Å². The fraction of sp³-hybridized carbons (Fsp3) is 0.320. The number of allylic oxidation sites excluding steroid dienone is 3. The summed E-state index contributed by atoms with van der Waals surface area (Å²) in [4.78, 5) is 6.64. The van der Waals surface area contributed by atoms with Crippen molar-refractivity contribution in [2.24, 2.45) is 5.92 Å². The minimum absolute atomic E-state index is 0.372. The monoisotopic (exact) mass is 397 g/mol. The molecule has 152 valence electrons. The van der Waals surface area contributed by atoms with Crippen LogP contribution in [0.5, 0.6) is 0 Å². The van der Waals surface area contributed by atoms with Gasteiger partial charge in [-0.15, -0.1) is 10.2 Å². The van der Waals surface area contributed by atoms with Crippen molar-refractivity contribution in [3.05, 3.63) is 78.5 Å². The van der Waals surface area contributed by atoms with E-state index in [-0.39, 0.29) is 0 Å². The highest BCUT2D eigenvalue weighted by Crippen LogP contribution is 2.43. The second-order valence-electron chi connectivity index (χ2n) is 8.25. The Hall–Kier alpha value is -3.21. The van der Waals surface area contributed by atoms with Crippen LogP contribution in [0.2, 0.25) is 0 Å². The largest absolute Gasteiger partial charge is 0.340 e. The van der Waals surface area contributed by atoms with E-state index in [1.165, 1.54) is 35.4 Å². The van der Waals surface area contributed by atoms with Crippen LogP contribution in [-0.4, -0.2) is 26.3 Å². The molecule has 0 N–H and O–H groups in total. The van der Waals surface area contributed by atoms with Gasteiger partial charge < -0.3 is 9.47 Å². The van der Waals surface area contributed by atoms with Crippen molar-refractivity contribution in [2.75, 3.05) is 11.4 Å². The van der Waals surface area contributed by atoms with Crippen LogP contribution in [0.15, 0.2) is 73.0 Å².